The largest absolute Gasteiger partial charge is 0.421 e. The molecule has 9 nitrogen and oxygen atoms in total. The summed E-state index contributed by atoms with van der Waals surface area (Å²) in [5.74, 6) is -0.782. The normalized spacial score (nSPS) is 16.6. The molecule has 1 aromatic carbocycles. The second kappa shape index (κ2) is 9.97. The number of nitrogens with zero attached hydrogens (tertiary/aromatic N) is 3. The van der Waals surface area contributed by atoms with Gasteiger partial charge in [0, 0.05) is 30.2 Å². The molecule has 0 saturated heterocycles. The topological polar surface area (TPSA) is 130 Å². The molecule has 2 aromatic rings. The highest BCUT2D eigenvalue weighted by Crippen LogP contribution is 2.38. The van der Waals surface area contributed by atoms with E-state index in [1.165, 1.54) is 0 Å². The van der Waals surface area contributed by atoms with Crippen molar-refractivity contribution in [2.75, 3.05) is 27.8 Å². The molecule has 1 aromatic heterocycles. The van der Waals surface area contributed by atoms with Crippen molar-refractivity contribution < 1.29 is 26.4 Å². The molecule has 0 spiro atoms. The van der Waals surface area contributed by atoms with E-state index in [1.807, 2.05) is 0 Å². The Morgan fingerprint density at radius 2 is 1.94 bits per heavy atom. The van der Waals surface area contributed by atoms with Crippen LogP contribution in [0.5, 0.6) is 0 Å². The summed E-state index contributed by atoms with van der Waals surface area (Å²) in [4.78, 5) is 21.3. The highest BCUT2D eigenvalue weighted by Gasteiger charge is 2.38. The van der Waals surface area contributed by atoms with Crippen molar-refractivity contribution in [3.05, 3.63) is 35.5 Å². The number of anilines is 4. The first kappa shape index (κ1) is 25.2. The van der Waals surface area contributed by atoms with Gasteiger partial charge in [-0.1, -0.05) is 19.3 Å². The van der Waals surface area contributed by atoms with E-state index in [0.717, 1.165) is 31.0 Å². The molecule has 1 fully saturated rings. The van der Waals surface area contributed by atoms with Gasteiger partial charge in [0.05, 0.1) is 12.2 Å². The Morgan fingerprint density at radius 1 is 1.20 bits per heavy atom. The standard InChI is InChI=1S/C22H27F3N6O3S/c23-22(24,25)17-13-27-21(28-15-7-8-18-14(11-15)12-19(32)29-18)30-20(17)31(9-4-10-35(26,33)34)16-5-2-1-3-6-16/h7-8,11,13,16H,1-6,9-10,12H2,(H,29,32)(H2,26,33,34)(H,27,28,30). The van der Waals surface area contributed by atoms with Crippen molar-refractivity contribution in [2.45, 2.75) is 57.2 Å². The number of aromatic nitrogens is 2. The van der Waals surface area contributed by atoms with E-state index in [-0.39, 0.29) is 48.9 Å². The van der Waals surface area contributed by atoms with Crippen LogP contribution in [0.2, 0.25) is 0 Å². The van der Waals surface area contributed by atoms with Crippen molar-refractivity contribution in [2.24, 2.45) is 5.14 Å². The van der Waals surface area contributed by atoms with E-state index in [9.17, 15) is 26.4 Å². The third kappa shape index (κ3) is 6.40. The zero-order valence-corrected chi connectivity index (χ0v) is 19.8. The number of halogens is 3. The monoisotopic (exact) mass is 512 g/mol. The Labute approximate surface area is 201 Å². The van der Waals surface area contributed by atoms with Gasteiger partial charge < -0.3 is 15.5 Å². The number of hydrogen-bond acceptors (Lipinski definition) is 7. The third-order valence-corrected chi connectivity index (χ3v) is 7.03. The van der Waals surface area contributed by atoms with E-state index < -0.39 is 21.8 Å². The minimum atomic E-state index is -4.69. The molecule has 0 unspecified atom stereocenters. The summed E-state index contributed by atoms with van der Waals surface area (Å²) in [6, 6.07) is 4.90. The molecule has 190 valence electrons. The van der Waals surface area contributed by atoms with E-state index in [4.69, 9.17) is 5.14 Å². The number of fused-ring (bicyclic) bond motifs is 1. The number of benzene rings is 1. The number of carbonyl (C=O) groups excluding carboxylic acids is 1. The number of nitrogens with two attached hydrogens (primary N) is 1. The van der Waals surface area contributed by atoms with Crippen molar-refractivity contribution in [1.82, 2.24) is 9.97 Å². The van der Waals surface area contributed by atoms with Crippen LogP contribution in [-0.4, -0.2) is 42.6 Å². The molecule has 1 aliphatic heterocycles. The molecule has 0 atom stereocenters. The summed E-state index contributed by atoms with van der Waals surface area (Å²) in [6.45, 7) is 0.0628. The quantitative estimate of drug-likeness (QED) is 0.493. The van der Waals surface area contributed by atoms with Crippen LogP contribution < -0.4 is 20.7 Å². The first-order chi connectivity index (χ1) is 16.5. The van der Waals surface area contributed by atoms with Gasteiger partial charge in [0.1, 0.15) is 11.4 Å². The predicted molar refractivity (Wildman–Crippen MR) is 126 cm³/mol. The maximum Gasteiger partial charge on any atom is 0.421 e. The van der Waals surface area contributed by atoms with Crippen LogP contribution >= 0.6 is 0 Å². The lowest BCUT2D eigenvalue weighted by molar-refractivity contribution is -0.137. The van der Waals surface area contributed by atoms with Gasteiger partial charge >= 0.3 is 6.18 Å². The van der Waals surface area contributed by atoms with Gasteiger partial charge in [-0.25, -0.2) is 18.5 Å². The summed E-state index contributed by atoms with van der Waals surface area (Å²) < 4.78 is 64.7. The lowest BCUT2D eigenvalue weighted by atomic mass is 9.93. The smallest absolute Gasteiger partial charge is 0.353 e. The van der Waals surface area contributed by atoms with Gasteiger partial charge in [0.15, 0.2) is 0 Å². The number of carbonyl (C=O) groups is 1. The number of rotatable bonds is 8. The first-order valence-corrected chi connectivity index (χ1v) is 13.1. The summed E-state index contributed by atoms with van der Waals surface area (Å²) >= 11 is 0. The van der Waals surface area contributed by atoms with Crippen LogP contribution in [0, 0.1) is 0 Å². The summed E-state index contributed by atoms with van der Waals surface area (Å²) in [5, 5.41) is 10.8. The summed E-state index contributed by atoms with van der Waals surface area (Å²) in [5.41, 5.74) is 1.00. The van der Waals surface area contributed by atoms with E-state index in [0.29, 0.717) is 24.2 Å². The average molecular weight is 513 g/mol. The van der Waals surface area contributed by atoms with Crippen LogP contribution in [0.15, 0.2) is 24.4 Å². The molecule has 1 amide bonds. The van der Waals surface area contributed by atoms with Gasteiger partial charge in [-0.2, -0.15) is 18.2 Å². The third-order valence-electron chi connectivity index (χ3n) is 6.18. The minimum absolute atomic E-state index is 0.0301. The maximum atomic E-state index is 14.0. The second-order valence-electron chi connectivity index (χ2n) is 8.86. The molecule has 2 heterocycles. The molecule has 4 N–H and O–H groups in total. The van der Waals surface area contributed by atoms with Gasteiger partial charge in [0.25, 0.3) is 0 Å². The lowest BCUT2D eigenvalue weighted by Crippen LogP contribution is -2.40. The van der Waals surface area contributed by atoms with Crippen molar-refractivity contribution >= 4 is 39.1 Å². The van der Waals surface area contributed by atoms with E-state index in [1.54, 1.807) is 23.1 Å². The molecular formula is C22H27F3N6O3S. The van der Waals surface area contributed by atoms with Gasteiger partial charge in [-0.15, -0.1) is 0 Å². The van der Waals surface area contributed by atoms with E-state index in [2.05, 4.69) is 20.6 Å². The molecule has 0 bridgehead atoms. The van der Waals surface area contributed by atoms with Gasteiger partial charge in [0.2, 0.25) is 21.9 Å². The average Bonchev–Trinajstić information content (AvgIpc) is 3.15. The Bertz CT molecular complexity index is 1200. The lowest BCUT2D eigenvalue weighted by Gasteiger charge is -2.36. The number of amides is 1. The van der Waals surface area contributed by atoms with Crippen LogP contribution in [0.25, 0.3) is 0 Å². The van der Waals surface area contributed by atoms with Crippen LogP contribution in [0.3, 0.4) is 0 Å². The van der Waals surface area contributed by atoms with Crippen LogP contribution in [0.1, 0.15) is 49.7 Å². The highest BCUT2D eigenvalue weighted by molar-refractivity contribution is 7.89. The SMILES string of the molecule is NS(=O)(=O)CCCN(c1nc(Nc2ccc3c(c2)CC(=O)N3)ncc1C(F)(F)F)C1CCCCC1. The van der Waals surface area contributed by atoms with Gasteiger partial charge in [-0.3, -0.25) is 4.79 Å². The number of primary sulfonamides is 1. The van der Waals surface area contributed by atoms with Crippen molar-refractivity contribution in [3.8, 4) is 0 Å². The Morgan fingerprint density at radius 3 is 2.63 bits per heavy atom. The Hall–Kier alpha value is -2.93. The number of sulfonamides is 1. The van der Waals surface area contributed by atoms with Crippen molar-refractivity contribution in [3.63, 3.8) is 0 Å². The molecule has 4 rings (SSSR count). The highest BCUT2D eigenvalue weighted by atomic mass is 32.2. The zero-order valence-electron chi connectivity index (χ0n) is 18.9. The molecule has 13 heteroatoms. The second-order valence-corrected chi connectivity index (χ2v) is 10.6. The molecule has 2 aliphatic rings. The summed E-state index contributed by atoms with van der Waals surface area (Å²) in [6.07, 6.45) is 0.454. The molecule has 35 heavy (non-hydrogen) atoms. The first-order valence-electron chi connectivity index (χ1n) is 11.4. The Kier molecular flexibility index (Phi) is 7.17. The molecular weight excluding hydrogens is 485 g/mol. The fourth-order valence-corrected chi connectivity index (χ4v) is 5.11. The predicted octanol–water partition coefficient (Wildman–Crippen LogP) is 3.55. The molecule has 0 radical (unpaired) electrons. The minimum Gasteiger partial charge on any atom is -0.353 e. The fourth-order valence-electron chi connectivity index (χ4n) is 4.58. The number of nitrogens with one attached hydrogen (secondary N) is 2. The van der Waals surface area contributed by atoms with E-state index >= 15 is 0 Å². The van der Waals surface area contributed by atoms with Gasteiger partial charge in [-0.05, 0) is 43.0 Å². The fraction of sp³-hybridized carbons (Fsp3) is 0.500. The Balaban J connectivity index is 1.67. The number of hydrogen-bond donors (Lipinski definition) is 3. The van der Waals surface area contributed by atoms with Crippen molar-refractivity contribution in [1.29, 1.82) is 0 Å². The number of alkyl halides is 3. The van der Waals surface area contributed by atoms with Crippen LogP contribution in [0.4, 0.5) is 36.3 Å². The zero-order chi connectivity index (χ0) is 25.2. The molecule has 1 aliphatic carbocycles. The summed E-state index contributed by atoms with van der Waals surface area (Å²) in [7, 11) is -3.75. The molecule has 1 saturated carbocycles. The maximum absolute atomic E-state index is 14.0. The van der Waals surface area contributed by atoms with Crippen LogP contribution in [-0.2, 0) is 27.4 Å².